The van der Waals surface area contributed by atoms with Crippen LogP contribution in [0, 0.1) is 11.6 Å². The van der Waals surface area contributed by atoms with Crippen LogP contribution in [0.5, 0.6) is 0 Å². The van der Waals surface area contributed by atoms with Crippen molar-refractivity contribution in [3.63, 3.8) is 0 Å². The Bertz CT molecular complexity index is 1070. The number of halogens is 6. The van der Waals surface area contributed by atoms with E-state index in [1.807, 2.05) is 0 Å². The maximum atomic E-state index is 13.9. The highest BCUT2D eigenvalue weighted by Gasteiger charge is 2.38. The van der Waals surface area contributed by atoms with Gasteiger partial charge in [-0.2, -0.15) is 13.2 Å². The van der Waals surface area contributed by atoms with E-state index < -0.39 is 40.9 Å². The van der Waals surface area contributed by atoms with Crippen LogP contribution in [0.15, 0.2) is 48.7 Å². The Hall–Kier alpha value is -3.27. The summed E-state index contributed by atoms with van der Waals surface area (Å²) < 4.78 is 67.1. The van der Waals surface area contributed by atoms with Crippen molar-refractivity contribution in [2.24, 2.45) is 0 Å². The molecular weight excluding hydrogens is 431 g/mol. The van der Waals surface area contributed by atoms with Crippen LogP contribution in [0.1, 0.15) is 21.6 Å². The molecule has 0 atom stereocenters. The molecule has 0 bridgehead atoms. The van der Waals surface area contributed by atoms with E-state index in [0.29, 0.717) is 11.8 Å². The number of rotatable bonds is 5. The summed E-state index contributed by atoms with van der Waals surface area (Å²) in [6.07, 6.45) is -4.29. The molecule has 5 nitrogen and oxygen atoms in total. The lowest BCUT2D eigenvalue weighted by Gasteiger charge is -2.14. The molecule has 1 heterocycles. The Kier molecular flexibility index (Phi) is 6.16. The number of nitrogens with one attached hydrogen (secondary N) is 2. The summed E-state index contributed by atoms with van der Waals surface area (Å²) in [4.78, 5) is 19.3. The predicted octanol–water partition coefficient (Wildman–Crippen LogP) is 5.10. The molecule has 0 saturated carbocycles. The lowest BCUT2D eigenvalue weighted by molar-refractivity contribution is -0.141. The van der Waals surface area contributed by atoms with Crippen LogP contribution in [0.3, 0.4) is 0 Å². The maximum absolute atomic E-state index is 13.9. The van der Waals surface area contributed by atoms with Crippen molar-refractivity contribution in [2.75, 3.05) is 5.32 Å². The van der Waals surface area contributed by atoms with Gasteiger partial charge in [-0.1, -0.05) is 23.7 Å². The summed E-state index contributed by atoms with van der Waals surface area (Å²) in [5.74, 6) is -2.94. The van der Waals surface area contributed by atoms with Crippen LogP contribution in [-0.4, -0.2) is 15.9 Å². The van der Waals surface area contributed by atoms with Gasteiger partial charge in [0.05, 0.1) is 11.3 Å². The number of hydrogen-bond donors (Lipinski definition) is 2. The minimum atomic E-state index is -4.97. The molecule has 2 N–H and O–H groups in total. The normalized spacial score (nSPS) is 11.3. The Morgan fingerprint density at radius 1 is 1.07 bits per heavy atom. The second kappa shape index (κ2) is 8.62. The second-order valence-corrected chi connectivity index (χ2v) is 6.45. The number of anilines is 2. The van der Waals surface area contributed by atoms with Crippen LogP contribution >= 0.6 is 11.6 Å². The molecule has 0 spiro atoms. The molecule has 1 amide bonds. The molecule has 11 heteroatoms. The van der Waals surface area contributed by atoms with Crippen molar-refractivity contribution < 1.29 is 26.7 Å². The van der Waals surface area contributed by atoms with Gasteiger partial charge in [0.2, 0.25) is 5.95 Å². The Morgan fingerprint density at radius 3 is 2.40 bits per heavy atom. The van der Waals surface area contributed by atoms with Gasteiger partial charge in [-0.05, 0) is 35.9 Å². The topological polar surface area (TPSA) is 66.9 Å². The second-order valence-electron chi connectivity index (χ2n) is 6.01. The molecule has 3 rings (SSSR count). The zero-order chi connectivity index (χ0) is 21.9. The molecule has 0 saturated heterocycles. The fraction of sp³-hybridized carbons (Fsp3) is 0.105. The zero-order valence-corrected chi connectivity index (χ0v) is 15.7. The van der Waals surface area contributed by atoms with E-state index in [2.05, 4.69) is 20.6 Å². The van der Waals surface area contributed by atoms with E-state index in [1.165, 1.54) is 24.3 Å². The highest BCUT2D eigenvalue weighted by molar-refractivity contribution is 6.30. The molecule has 0 radical (unpaired) electrons. The number of carbonyl (C=O) groups excluding carboxylic acids is 1. The Morgan fingerprint density at radius 2 is 1.77 bits per heavy atom. The smallest absolute Gasteiger partial charge is 0.348 e. The van der Waals surface area contributed by atoms with E-state index in [-0.39, 0.29) is 17.3 Å². The average molecular weight is 443 g/mol. The van der Waals surface area contributed by atoms with Gasteiger partial charge in [0.1, 0.15) is 11.6 Å². The van der Waals surface area contributed by atoms with Gasteiger partial charge in [0.15, 0.2) is 5.69 Å². The maximum Gasteiger partial charge on any atom is 0.434 e. The molecule has 3 aromatic rings. The Balaban J connectivity index is 1.83. The van der Waals surface area contributed by atoms with E-state index in [0.717, 1.165) is 18.2 Å². The molecule has 156 valence electrons. The highest BCUT2D eigenvalue weighted by atomic mass is 35.5. The number of aromatic nitrogens is 2. The number of carbonyl (C=O) groups is 1. The third-order valence-corrected chi connectivity index (χ3v) is 4.08. The first kappa shape index (κ1) is 21.4. The van der Waals surface area contributed by atoms with Gasteiger partial charge in [-0.15, -0.1) is 0 Å². The predicted molar refractivity (Wildman–Crippen MR) is 99.3 cm³/mol. The monoisotopic (exact) mass is 442 g/mol. The molecule has 0 aliphatic heterocycles. The first-order valence-electron chi connectivity index (χ1n) is 8.32. The van der Waals surface area contributed by atoms with Gasteiger partial charge in [-0.3, -0.25) is 4.79 Å². The summed E-state index contributed by atoms with van der Waals surface area (Å²) in [6.45, 7) is -0.133. The molecule has 1 aromatic heterocycles. The minimum absolute atomic E-state index is 0.100. The van der Waals surface area contributed by atoms with Crippen LogP contribution in [-0.2, 0) is 12.7 Å². The standard InChI is InChI=1S/C19H12ClF5N4O/c20-11-3-6-15(14(22)7-11)28-18-27-9-13(16(29-18)19(23,24)25)17(30)26-8-10-1-4-12(21)5-2-10/h1-7,9H,8H2,(H,26,30)(H,27,28,29). The summed E-state index contributed by atoms with van der Waals surface area (Å²) in [5.41, 5.74) is -2.02. The van der Waals surface area contributed by atoms with Crippen molar-refractivity contribution in [1.82, 2.24) is 15.3 Å². The average Bonchev–Trinajstić information content (AvgIpc) is 2.69. The molecule has 2 aromatic carbocycles. The largest absolute Gasteiger partial charge is 0.434 e. The van der Waals surface area contributed by atoms with Gasteiger partial charge in [0.25, 0.3) is 5.91 Å². The summed E-state index contributed by atoms with van der Waals surface area (Å²) >= 11 is 5.63. The SMILES string of the molecule is O=C(NCc1ccc(F)cc1)c1cnc(Nc2ccc(Cl)cc2F)nc1C(F)(F)F. The summed E-state index contributed by atoms with van der Waals surface area (Å²) in [5, 5.41) is 4.71. The van der Waals surface area contributed by atoms with E-state index in [9.17, 15) is 26.7 Å². The van der Waals surface area contributed by atoms with Crippen molar-refractivity contribution in [2.45, 2.75) is 12.7 Å². The number of alkyl halides is 3. The van der Waals surface area contributed by atoms with Crippen molar-refractivity contribution in [3.8, 4) is 0 Å². The van der Waals surface area contributed by atoms with E-state index in [4.69, 9.17) is 11.6 Å². The van der Waals surface area contributed by atoms with Crippen LogP contribution < -0.4 is 10.6 Å². The molecule has 30 heavy (non-hydrogen) atoms. The molecule has 0 aliphatic rings. The third-order valence-electron chi connectivity index (χ3n) is 3.85. The van der Waals surface area contributed by atoms with Gasteiger partial charge in [0, 0.05) is 17.8 Å². The highest BCUT2D eigenvalue weighted by Crippen LogP contribution is 2.31. The van der Waals surface area contributed by atoms with Crippen LogP contribution in [0.4, 0.5) is 33.6 Å². The Labute approximate surface area is 171 Å². The summed E-state index contributed by atoms with van der Waals surface area (Å²) in [7, 11) is 0. The first-order chi connectivity index (χ1) is 14.1. The lowest BCUT2D eigenvalue weighted by Crippen LogP contribution is -2.27. The lowest BCUT2D eigenvalue weighted by atomic mass is 10.2. The van der Waals surface area contributed by atoms with Crippen LogP contribution in [0.2, 0.25) is 5.02 Å². The van der Waals surface area contributed by atoms with Gasteiger partial charge < -0.3 is 10.6 Å². The minimum Gasteiger partial charge on any atom is -0.348 e. The third kappa shape index (κ3) is 5.20. The molecular formula is C19H12ClF5N4O. The number of benzene rings is 2. The summed E-state index contributed by atoms with van der Waals surface area (Å²) in [6, 6.07) is 8.57. The molecule has 0 aliphatic carbocycles. The van der Waals surface area contributed by atoms with Crippen molar-refractivity contribution >= 4 is 29.1 Å². The molecule has 0 unspecified atom stereocenters. The molecule has 0 fully saturated rings. The number of amides is 1. The number of nitrogens with zero attached hydrogens (tertiary/aromatic N) is 2. The fourth-order valence-electron chi connectivity index (χ4n) is 2.42. The van der Waals surface area contributed by atoms with E-state index >= 15 is 0 Å². The van der Waals surface area contributed by atoms with Crippen molar-refractivity contribution in [1.29, 1.82) is 0 Å². The van der Waals surface area contributed by atoms with Crippen LogP contribution in [0.25, 0.3) is 0 Å². The quantitative estimate of drug-likeness (QED) is 0.539. The first-order valence-corrected chi connectivity index (χ1v) is 8.70. The van der Waals surface area contributed by atoms with E-state index in [1.54, 1.807) is 0 Å². The number of hydrogen-bond acceptors (Lipinski definition) is 4. The fourth-order valence-corrected chi connectivity index (χ4v) is 2.57. The van der Waals surface area contributed by atoms with Gasteiger partial charge >= 0.3 is 6.18 Å². The van der Waals surface area contributed by atoms with Crippen molar-refractivity contribution in [3.05, 3.63) is 82.1 Å². The zero-order valence-electron chi connectivity index (χ0n) is 14.9. The van der Waals surface area contributed by atoms with Gasteiger partial charge in [-0.25, -0.2) is 18.7 Å².